The third-order valence-electron chi connectivity index (χ3n) is 4.80. The highest BCUT2D eigenvalue weighted by Crippen LogP contribution is 2.39. The number of carbonyl (C=O) groups excluding carboxylic acids is 2. The first-order valence-corrected chi connectivity index (χ1v) is 10.2. The molecule has 1 heterocycles. The number of rotatable bonds is 6. The molecule has 0 N–H and O–H groups in total. The van der Waals surface area contributed by atoms with Crippen molar-refractivity contribution in [3.05, 3.63) is 69.6 Å². The van der Waals surface area contributed by atoms with Gasteiger partial charge >= 0.3 is 0 Å². The Balaban J connectivity index is 2.03. The standard InChI is InChI=1S/C23H25NO3S/c1-14(2)28-21-20(17-11-10-15(3)16(4)12-17)22(25)24(23(21)26)13-18-8-6-7-9-19(18)27-5/h6-12,14H,13H2,1-5H3. The first kappa shape index (κ1) is 20.2. The molecule has 0 radical (unpaired) electrons. The van der Waals surface area contributed by atoms with E-state index in [0.29, 0.717) is 16.2 Å². The first-order valence-electron chi connectivity index (χ1n) is 9.30. The Kier molecular flexibility index (Phi) is 5.94. The van der Waals surface area contributed by atoms with E-state index in [1.807, 2.05) is 70.2 Å². The smallest absolute Gasteiger partial charge is 0.268 e. The summed E-state index contributed by atoms with van der Waals surface area (Å²) >= 11 is 1.45. The van der Waals surface area contributed by atoms with Gasteiger partial charge in [0.2, 0.25) is 0 Å². The summed E-state index contributed by atoms with van der Waals surface area (Å²) in [5.74, 6) is 0.186. The Morgan fingerprint density at radius 1 is 1.00 bits per heavy atom. The maximum atomic E-state index is 13.3. The lowest BCUT2D eigenvalue weighted by Gasteiger charge is -2.17. The van der Waals surface area contributed by atoms with E-state index in [-0.39, 0.29) is 23.6 Å². The van der Waals surface area contributed by atoms with Gasteiger partial charge in [-0.15, -0.1) is 11.8 Å². The number of para-hydroxylation sites is 1. The van der Waals surface area contributed by atoms with Crippen LogP contribution >= 0.6 is 11.8 Å². The lowest BCUT2D eigenvalue weighted by molar-refractivity contribution is -0.137. The van der Waals surface area contributed by atoms with E-state index in [4.69, 9.17) is 4.74 Å². The monoisotopic (exact) mass is 395 g/mol. The fraction of sp³-hybridized carbons (Fsp3) is 0.304. The minimum atomic E-state index is -0.248. The summed E-state index contributed by atoms with van der Waals surface area (Å²) < 4.78 is 5.39. The highest BCUT2D eigenvalue weighted by Gasteiger charge is 2.39. The van der Waals surface area contributed by atoms with Gasteiger partial charge in [-0.2, -0.15) is 0 Å². The van der Waals surface area contributed by atoms with Crippen molar-refractivity contribution >= 4 is 29.1 Å². The summed E-state index contributed by atoms with van der Waals surface area (Å²) in [6, 6.07) is 13.4. The van der Waals surface area contributed by atoms with Crippen LogP contribution in [0.5, 0.6) is 5.75 Å². The maximum Gasteiger partial charge on any atom is 0.268 e. The molecule has 0 spiro atoms. The van der Waals surface area contributed by atoms with Crippen LogP contribution in [-0.2, 0) is 16.1 Å². The molecule has 0 saturated carbocycles. The number of methoxy groups -OCH3 is 1. The number of nitrogens with zero attached hydrogens (tertiary/aromatic N) is 1. The Morgan fingerprint density at radius 2 is 1.71 bits per heavy atom. The zero-order valence-corrected chi connectivity index (χ0v) is 17.7. The number of amides is 2. The molecule has 1 aliphatic rings. The maximum absolute atomic E-state index is 13.3. The molecule has 28 heavy (non-hydrogen) atoms. The second kappa shape index (κ2) is 8.23. The Bertz CT molecular complexity index is 962. The van der Waals surface area contributed by atoms with E-state index in [2.05, 4.69) is 0 Å². The fourth-order valence-corrected chi connectivity index (χ4v) is 4.20. The number of benzene rings is 2. The summed E-state index contributed by atoms with van der Waals surface area (Å²) in [7, 11) is 1.59. The molecule has 0 aromatic heterocycles. The highest BCUT2D eigenvalue weighted by atomic mass is 32.2. The van der Waals surface area contributed by atoms with Gasteiger partial charge in [0, 0.05) is 10.8 Å². The van der Waals surface area contributed by atoms with Crippen molar-refractivity contribution in [2.75, 3.05) is 7.11 Å². The molecule has 0 unspecified atom stereocenters. The normalized spacial score (nSPS) is 14.4. The van der Waals surface area contributed by atoms with Gasteiger partial charge in [-0.25, -0.2) is 0 Å². The summed E-state index contributed by atoms with van der Waals surface area (Å²) in [6.45, 7) is 8.29. The van der Waals surface area contributed by atoms with Crippen LogP contribution in [0.1, 0.15) is 36.1 Å². The molecule has 4 nitrogen and oxygen atoms in total. The zero-order valence-electron chi connectivity index (χ0n) is 16.9. The number of thioether (sulfide) groups is 1. The number of hydrogen-bond acceptors (Lipinski definition) is 4. The van der Waals surface area contributed by atoms with E-state index in [9.17, 15) is 9.59 Å². The van der Waals surface area contributed by atoms with Crippen LogP contribution in [0.4, 0.5) is 0 Å². The average molecular weight is 396 g/mol. The molecule has 2 amide bonds. The molecular weight excluding hydrogens is 370 g/mol. The van der Waals surface area contributed by atoms with E-state index in [1.54, 1.807) is 7.11 Å². The van der Waals surface area contributed by atoms with Gasteiger partial charge in [0.1, 0.15) is 5.75 Å². The van der Waals surface area contributed by atoms with E-state index in [0.717, 1.165) is 22.3 Å². The molecule has 2 aromatic carbocycles. The third kappa shape index (κ3) is 3.85. The van der Waals surface area contributed by atoms with Crippen LogP contribution in [-0.4, -0.2) is 29.1 Å². The SMILES string of the molecule is COc1ccccc1CN1C(=O)C(SC(C)C)=C(c2ccc(C)c(C)c2)C1=O. The van der Waals surface area contributed by atoms with Crippen LogP contribution in [0.3, 0.4) is 0 Å². The van der Waals surface area contributed by atoms with Crippen molar-refractivity contribution in [1.82, 2.24) is 4.90 Å². The average Bonchev–Trinajstić information content (AvgIpc) is 2.88. The van der Waals surface area contributed by atoms with Crippen LogP contribution in [0.15, 0.2) is 47.4 Å². The predicted molar refractivity (Wildman–Crippen MR) is 114 cm³/mol. The molecule has 1 aliphatic heterocycles. The quantitative estimate of drug-likeness (QED) is 0.663. The summed E-state index contributed by atoms with van der Waals surface area (Å²) in [4.78, 5) is 28.3. The fourth-order valence-electron chi connectivity index (χ4n) is 3.20. The van der Waals surface area contributed by atoms with Crippen LogP contribution in [0.25, 0.3) is 5.57 Å². The van der Waals surface area contributed by atoms with Crippen molar-refractivity contribution in [1.29, 1.82) is 0 Å². The van der Waals surface area contributed by atoms with Gasteiger partial charge in [0.25, 0.3) is 11.8 Å². The second-order valence-corrected chi connectivity index (χ2v) is 8.76. The highest BCUT2D eigenvalue weighted by molar-refractivity contribution is 8.04. The molecule has 2 aromatic rings. The third-order valence-corrected chi connectivity index (χ3v) is 5.88. The van der Waals surface area contributed by atoms with Crippen molar-refractivity contribution < 1.29 is 14.3 Å². The van der Waals surface area contributed by atoms with Crippen LogP contribution in [0, 0.1) is 13.8 Å². The lowest BCUT2D eigenvalue weighted by atomic mass is 10.0. The number of ether oxygens (including phenoxy) is 1. The van der Waals surface area contributed by atoms with Gasteiger partial charge in [-0.3, -0.25) is 14.5 Å². The van der Waals surface area contributed by atoms with Gasteiger partial charge in [0.05, 0.1) is 24.1 Å². The molecular formula is C23H25NO3S. The topological polar surface area (TPSA) is 46.6 Å². The Hall–Kier alpha value is -2.53. The molecule has 5 heteroatoms. The second-order valence-electron chi connectivity index (χ2n) is 7.18. The van der Waals surface area contributed by atoms with Crippen molar-refractivity contribution in [2.24, 2.45) is 0 Å². The minimum absolute atomic E-state index is 0.193. The lowest BCUT2D eigenvalue weighted by Crippen LogP contribution is -2.31. The summed E-state index contributed by atoms with van der Waals surface area (Å²) in [5, 5.41) is 0.194. The van der Waals surface area contributed by atoms with Crippen LogP contribution in [0.2, 0.25) is 0 Å². The van der Waals surface area contributed by atoms with E-state index >= 15 is 0 Å². The number of carbonyl (C=O) groups is 2. The number of aryl methyl sites for hydroxylation is 2. The van der Waals surface area contributed by atoms with Gasteiger partial charge in [-0.05, 0) is 36.6 Å². The number of hydrogen-bond donors (Lipinski definition) is 0. The van der Waals surface area contributed by atoms with Crippen molar-refractivity contribution in [2.45, 2.75) is 39.5 Å². The Morgan fingerprint density at radius 3 is 2.36 bits per heavy atom. The summed E-state index contributed by atoms with van der Waals surface area (Å²) in [6.07, 6.45) is 0. The van der Waals surface area contributed by atoms with Gasteiger partial charge < -0.3 is 4.74 Å². The van der Waals surface area contributed by atoms with Gasteiger partial charge in [0.15, 0.2) is 0 Å². The molecule has 0 atom stereocenters. The van der Waals surface area contributed by atoms with E-state index < -0.39 is 0 Å². The van der Waals surface area contributed by atoms with E-state index in [1.165, 1.54) is 16.7 Å². The molecule has 0 saturated heterocycles. The molecule has 3 rings (SSSR count). The van der Waals surface area contributed by atoms with Crippen molar-refractivity contribution in [3.63, 3.8) is 0 Å². The largest absolute Gasteiger partial charge is 0.496 e. The molecule has 0 fully saturated rings. The zero-order chi connectivity index (χ0) is 20.4. The first-order chi connectivity index (χ1) is 13.3. The Labute approximate surface area is 170 Å². The summed E-state index contributed by atoms with van der Waals surface area (Å²) in [5.41, 5.74) is 4.36. The minimum Gasteiger partial charge on any atom is -0.496 e. The predicted octanol–water partition coefficient (Wildman–Crippen LogP) is 4.73. The molecule has 0 bridgehead atoms. The molecule has 146 valence electrons. The number of imide groups is 1. The van der Waals surface area contributed by atoms with Crippen molar-refractivity contribution in [3.8, 4) is 5.75 Å². The molecule has 0 aliphatic carbocycles. The van der Waals surface area contributed by atoms with Crippen LogP contribution < -0.4 is 4.74 Å². The van der Waals surface area contributed by atoms with Gasteiger partial charge in [-0.1, -0.05) is 50.2 Å².